The topological polar surface area (TPSA) is 27.8 Å². The Morgan fingerprint density at radius 2 is 2.12 bits per heavy atom. The lowest BCUT2D eigenvalue weighted by Gasteiger charge is -2.42. The van der Waals surface area contributed by atoms with E-state index >= 15 is 0 Å². The van der Waals surface area contributed by atoms with E-state index in [4.69, 9.17) is 0 Å². The minimum atomic E-state index is 0.383. The lowest BCUT2D eigenvalue weighted by atomic mass is 9.64. The standard InChI is InChI=1S/C14H18N2/c1-15-10-14(7-4-8-14)12-9-16-13-6-3-2-5-11(12)13/h2-3,5-6,9,15-16H,4,7-8,10H2,1H3. The number of para-hydroxylation sites is 1. The molecule has 0 saturated heterocycles. The van der Waals surface area contributed by atoms with Crippen molar-refractivity contribution in [2.24, 2.45) is 0 Å². The van der Waals surface area contributed by atoms with Gasteiger partial charge in [-0.05, 0) is 31.5 Å². The van der Waals surface area contributed by atoms with Crippen LogP contribution >= 0.6 is 0 Å². The molecule has 0 spiro atoms. The second kappa shape index (κ2) is 3.63. The van der Waals surface area contributed by atoms with Crippen molar-refractivity contribution in [1.29, 1.82) is 0 Å². The van der Waals surface area contributed by atoms with Crippen molar-refractivity contribution in [2.75, 3.05) is 13.6 Å². The summed E-state index contributed by atoms with van der Waals surface area (Å²) in [6.07, 6.45) is 6.20. The maximum absolute atomic E-state index is 3.39. The van der Waals surface area contributed by atoms with Crippen molar-refractivity contribution < 1.29 is 0 Å². The summed E-state index contributed by atoms with van der Waals surface area (Å²) in [4.78, 5) is 3.39. The predicted octanol–water partition coefficient (Wildman–Crippen LogP) is 2.81. The van der Waals surface area contributed by atoms with Crippen LogP contribution < -0.4 is 5.32 Å². The average Bonchev–Trinajstić information content (AvgIpc) is 2.68. The first-order valence-electron chi connectivity index (χ1n) is 6.07. The highest BCUT2D eigenvalue weighted by Gasteiger charge is 2.39. The van der Waals surface area contributed by atoms with E-state index in [9.17, 15) is 0 Å². The molecule has 1 aliphatic rings. The van der Waals surface area contributed by atoms with Crippen LogP contribution in [0.1, 0.15) is 24.8 Å². The first-order chi connectivity index (χ1) is 7.86. The van der Waals surface area contributed by atoms with Crippen molar-refractivity contribution >= 4 is 10.9 Å². The quantitative estimate of drug-likeness (QED) is 0.808. The molecule has 1 saturated carbocycles. The first kappa shape index (κ1) is 9.91. The van der Waals surface area contributed by atoms with Gasteiger partial charge in [0.1, 0.15) is 0 Å². The van der Waals surface area contributed by atoms with Gasteiger partial charge in [-0.25, -0.2) is 0 Å². The molecule has 0 unspecified atom stereocenters. The van der Waals surface area contributed by atoms with Gasteiger partial charge in [0.25, 0.3) is 0 Å². The fourth-order valence-electron chi connectivity index (χ4n) is 2.99. The van der Waals surface area contributed by atoms with Crippen LogP contribution in [-0.2, 0) is 5.41 Å². The Labute approximate surface area is 96.1 Å². The number of benzene rings is 1. The van der Waals surface area contributed by atoms with Gasteiger partial charge in [0, 0.05) is 29.1 Å². The maximum Gasteiger partial charge on any atom is 0.0457 e. The zero-order valence-corrected chi connectivity index (χ0v) is 9.72. The van der Waals surface area contributed by atoms with Crippen molar-refractivity contribution in [3.8, 4) is 0 Å². The Balaban J connectivity index is 2.10. The summed E-state index contributed by atoms with van der Waals surface area (Å²) in [7, 11) is 2.05. The lowest BCUT2D eigenvalue weighted by molar-refractivity contribution is 0.241. The molecule has 2 nitrogen and oxygen atoms in total. The molecule has 0 amide bonds. The van der Waals surface area contributed by atoms with Gasteiger partial charge >= 0.3 is 0 Å². The second-order valence-corrected chi connectivity index (χ2v) is 4.91. The van der Waals surface area contributed by atoms with E-state index < -0.39 is 0 Å². The number of hydrogen-bond donors (Lipinski definition) is 2. The zero-order valence-electron chi connectivity index (χ0n) is 9.72. The molecule has 1 aliphatic carbocycles. The zero-order chi connectivity index (χ0) is 11.0. The summed E-state index contributed by atoms with van der Waals surface area (Å²) in [5.74, 6) is 0. The molecule has 84 valence electrons. The van der Waals surface area contributed by atoms with Crippen LogP contribution in [0, 0.1) is 0 Å². The molecule has 1 heterocycles. The fraction of sp³-hybridized carbons (Fsp3) is 0.429. The average molecular weight is 214 g/mol. The van der Waals surface area contributed by atoms with E-state index in [0.29, 0.717) is 5.41 Å². The molecule has 0 aliphatic heterocycles. The molecule has 3 rings (SSSR count). The van der Waals surface area contributed by atoms with E-state index in [0.717, 1.165) is 6.54 Å². The molecule has 2 aromatic rings. The van der Waals surface area contributed by atoms with Crippen molar-refractivity contribution in [1.82, 2.24) is 10.3 Å². The van der Waals surface area contributed by atoms with Crippen molar-refractivity contribution in [2.45, 2.75) is 24.7 Å². The molecule has 0 atom stereocenters. The van der Waals surface area contributed by atoms with Crippen LogP contribution in [-0.4, -0.2) is 18.6 Å². The molecular formula is C14H18N2. The fourth-order valence-corrected chi connectivity index (χ4v) is 2.99. The third-order valence-electron chi connectivity index (χ3n) is 3.99. The lowest BCUT2D eigenvalue weighted by Crippen LogP contribution is -2.42. The minimum Gasteiger partial charge on any atom is -0.361 e. The summed E-state index contributed by atoms with van der Waals surface area (Å²) >= 11 is 0. The van der Waals surface area contributed by atoms with Crippen molar-refractivity contribution in [3.05, 3.63) is 36.0 Å². The molecular weight excluding hydrogens is 196 g/mol. The highest BCUT2D eigenvalue weighted by atomic mass is 14.8. The number of hydrogen-bond acceptors (Lipinski definition) is 1. The molecule has 16 heavy (non-hydrogen) atoms. The third-order valence-corrected chi connectivity index (χ3v) is 3.99. The van der Waals surface area contributed by atoms with Gasteiger partial charge in [-0.15, -0.1) is 0 Å². The van der Waals surface area contributed by atoms with Gasteiger partial charge in [-0.3, -0.25) is 0 Å². The van der Waals surface area contributed by atoms with E-state index in [1.165, 1.54) is 35.7 Å². The van der Waals surface area contributed by atoms with E-state index in [2.05, 4.69) is 47.8 Å². The molecule has 2 heteroatoms. The molecule has 1 aromatic carbocycles. The molecule has 0 bridgehead atoms. The number of likely N-dealkylation sites (N-methyl/N-ethyl adjacent to an activating group) is 1. The van der Waals surface area contributed by atoms with Gasteiger partial charge in [-0.2, -0.15) is 0 Å². The Morgan fingerprint density at radius 1 is 1.31 bits per heavy atom. The smallest absolute Gasteiger partial charge is 0.0457 e. The SMILES string of the molecule is CNCC1(c2c[nH]c3ccccc23)CCC1. The van der Waals surface area contributed by atoms with E-state index in [1.54, 1.807) is 0 Å². The number of H-pyrrole nitrogens is 1. The van der Waals surface area contributed by atoms with E-state index in [1.807, 2.05) is 0 Å². The van der Waals surface area contributed by atoms with Gasteiger partial charge in [0.15, 0.2) is 0 Å². The van der Waals surface area contributed by atoms with Crippen LogP contribution in [0.4, 0.5) is 0 Å². The van der Waals surface area contributed by atoms with E-state index in [-0.39, 0.29) is 0 Å². The first-order valence-corrected chi connectivity index (χ1v) is 6.07. The van der Waals surface area contributed by atoms with Gasteiger partial charge in [0.2, 0.25) is 0 Å². The highest BCUT2D eigenvalue weighted by Crippen LogP contribution is 2.45. The van der Waals surface area contributed by atoms with Gasteiger partial charge < -0.3 is 10.3 Å². The highest BCUT2D eigenvalue weighted by molar-refractivity contribution is 5.84. The van der Waals surface area contributed by atoms with Crippen LogP contribution in [0.2, 0.25) is 0 Å². The third kappa shape index (κ3) is 1.30. The van der Waals surface area contributed by atoms with Crippen LogP contribution in [0.15, 0.2) is 30.5 Å². The number of fused-ring (bicyclic) bond motifs is 1. The molecule has 1 aromatic heterocycles. The monoisotopic (exact) mass is 214 g/mol. The van der Waals surface area contributed by atoms with Gasteiger partial charge in [0.05, 0.1) is 0 Å². The normalized spacial score (nSPS) is 18.6. The second-order valence-electron chi connectivity index (χ2n) is 4.91. The Bertz CT molecular complexity index is 494. The van der Waals surface area contributed by atoms with Crippen LogP contribution in [0.5, 0.6) is 0 Å². The van der Waals surface area contributed by atoms with Crippen molar-refractivity contribution in [3.63, 3.8) is 0 Å². The summed E-state index contributed by atoms with van der Waals surface area (Å²) < 4.78 is 0. The molecule has 2 N–H and O–H groups in total. The van der Waals surface area contributed by atoms with Gasteiger partial charge in [-0.1, -0.05) is 24.6 Å². The number of nitrogens with one attached hydrogen (secondary N) is 2. The Hall–Kier alpha value is -1.28. The summed E-state index contributed by atoms with van der Waals surface area (Å²) in [6.45, 7) is 1.09. The Morgan fingerprint density at radius 3 is 2.81 bits per heavy atom. The minimum absolute atomic E-state index is 0.383. The van der Waals surface area contributed by atoms with Crippen LogP contribution in [0.3, 0.4) is 0 Å². The number of rotatable bonds is 3. The summed E-state index contributed by atoms with van der Waals surface area (Å²) in [5, 5.41) is 4.75. The Kier molecular flexibility index (Phi) is 2.25. The van der Waals surface area contributed by atoms with Crippen LogP contribution in [0.25, 0.3) is 10.9 Å². The summed E-state index contributed by atoms with van der Waals surface area (Å²) in [5.41, 5.74) is 3.15. The number of aromatic nitrogens is 1. The number of aromatic amines is 1. The molecule has 1 fully saturated rings. The largest absolute Gasteiger partial charge is 0.361 e. The maximum atomic E-state index is 3.39. The molecule has 0 radical (unpaired) electrons. The summed E-state index contributed by atoms with van der Waals surface area (Å²) in [6, 6.07) is 8.61. The predicted molar refractivity (Wildman–Crippen MR) is 67.8 cm³/mol.